The number of benzene rings is 3. The van der Waals surface area contributed by atoms with Gasteiger partial charge in [-0.3, -0.25) is 14.9 Å². The molecule has 28 heavy (non-hydrogen) atoms. The summed E-state index contributed by atoms with van der Waals surface area (Å²) in [5.41, 5.74) is 3.91. The lowest BCUT2D eigenvalue weighted by Gasteiger charge is -2.14. The Bertz CT molecular complexity index is 1110. The third kappa shape index (κ3) is 3.33. The highest BCUT2D eigenvalue weighted by molar-refractivity contribution is 6.38. The van der Waals surface area contributed by atoms with Gasteiger partial charge in [0.25, 0.3) is 11.6 Å². The van der Waals surface area contributed by atoms with Crippen LogP contribution in [0.5, 0.6) is 0 Å². The maximum atomic E-state index is 12.7. The van der Waals surface area contributed by atoms with Gasteiger partial charge in [0.05, 0.1) is 21.9 Å². The number of hydrogen-bond acceptors (Lipinski definition) is 4. The van der Waals surface area contributed by atoms with Crippen molar-refractivity contribution in [2.75, 3.05) is 10.6 Å². The van der Waals surface area contributed by atoms with Gasteiger partial charge < -0.3 is 10.6 Å². The molecule has 1 amide bonds. The Morgan fingerprint density at radius 3 is 2.39 bits per heavy atom. The lowest BCUT2D eigenvalue weighted by Crippen LogP contribution is -2.10. The maximum Gasteiger partial charge on any atom is 0.269 e. The van der Waals surface area contributed by atoms with Gasteiger partial charge in [-0.1, -0.05) is 48.0 Å². The molecule has 0 radical (unpaired) electrons. The molecule has 0 spiro atoms. The van der Waals surface area contributed by atoms with E-state index in [1.54, 1.807) is 30.3 Å². The topological polar surface area (TPSA) is 84.3 Å². The number of fused-ring (bicyclic) bond motifs is 1. The van der Waals surface area contributed by atoms with Gasteiger partial charge in [-0.15, -0.1) is 0 Å². The van der Waals surface area contributed by atoms with Crippen LogP contribution in [0.3, 0.4) is 0 Å². The van der Waals surface area contributed by atoms with Gasteiger partial charge in [-0.2, -0.15) is 0 Å². The number of nitro groups is 1. The number of anilines is 2. The Morgan fingerprint density at radius 1 is 1.00 bits per heavy atom. The number of nitrogens with one attached hydrogen (secondary N) is 2. The summed E-state index contributed by atoms with van der Waals surface area (Å²) in [7, 11) is 0. The number of nitro benzene ring substituents is 1. The molecule has 3 aromatic carbocycles. The molecular weight excluding hydrogens is 378 g/mol. The Kier molecular flexibility index (Phi) is 4.55. The first-order valence-corrected chi connectivity index (χ1v) is 8.83. The SMILES string of the molecule is O=C1Nc2cc(Cl)ccc2/C1=C(/Nc1ccc([N+](=O)[O-])cc1)c1ccccc1. The van der Waals surface area contributed by atoms with Crippen LogP contribution in [0.1, 0.15) is 11.1 Å². The molecule has 138 valence electrons. The molecule has 0 aromatic heterocycles. The fourth-order valence-electron chi connectivity index (χ4n) is 3.09. The maximum absolute atomic E-state index is 12.7. The number of non-ortho nitro benzene ring substituents is 1. The molecule has 0 aliphatic carbocycles. The van der Waals surface area contributed by atoms with Crippen molar-refractivity contribution in [2.24, 2.45) is 0 Å². The molecule has 7 heteroatoms. The third-order valence-corrected chi connectivity index (χ3v) is 4.62. The van der Waals surface area contributed by atoms with E-state index in [2.05, 4.69) is 10.6 Å². The molecular formula is C21H14ClN3O3. The fourth-order valence-corrected chi connectivity index (χ4v) is 3.26. The zero-order chi connectivity index (χ0) is 19.7. The van der Waals surface area contributed by atoms with Crippen LogP contribution in [0.2, 0.25) is 5.02 Å². The van der Waals surface area contributed by atoms with Crippen molar-refractivity contribution in [2.45, 2.75) is 0 Å². The minimum absolute atomic E-state index is 0.00180. The molecule has 1 aliphatic rings. The lowest BCUT2D eigenvalue weighted by molar-refractivity contribution is -0.384. The third-order valence-electron chi connectivity index (χ3n) is 4.39. The van der Waals surface area contributed by atoms with Crippen LogP contribution in [-0.4, -0.2) is 10.8 Å². The summed E-state index contributed by atoms with van der Waals surface area (Å²) in [4.78, 5) is 23.2. The van der Waals surface area contributed by atoms with E-state index in [0.717, 1.165) is 11.1 Å². The van der Waals surface area contributed by atoms with Gasteiger partial charge in [-0.05, 0) is 29.8 Å². The van der Waals surface area contributed by atoms with Gasteiger partial charge in [0.15, 0.2) is 0 Å². The number of nitrogens with zero attached hydrogens (tertiary/aromatic N) is 1. The minimum Gasteiger partial charge on any atom is -0.354 e. The smallest absolute Gasteiger partial charge is 0.269 e. The molecule has 1 heterocycles. The summed E-state index contributed by atoms with van der Waals surface area (Å²) in [6, 6.07) is 20.7. The minimum atomic E-state index is -0.454. The molecule has 0 saturated heterocycles. The molecule has 0 unspecified atom stereocenters. The second-order valence-electron chi connectivity index (χ2n) is 6.19. The first kappa shape index (κ1) is 17.8. The van der Waals surface area contributed by atoms with E-state index in [9.17, 15) is 14.9 Å². The van der Waals surface area contributed by atoms with E-state index in [0.29, 0.717) is 27.7 Å². The number of halogens is 1. The quantitative estimate of drug-likeness (QED) is 0.364. The first-order chi connectivity index (χ1) is 13.5. The van der Waals surface area contributed by atoms with Crippen molar-refractivity contribution in [3.63, 3.8) is 0 Å². The van der Waals surface area contributed by atoms with Crippen LogP contribution in [0.25, 0.3) is 11.3 Å². The Labute approximate surface area is 165 Å². The van der Waals surface area contributed by atoms with Crippen LogP contribution in [0, 0.1) is 10.1 Å². The molecule has 0 fully saturated rings. The molecule has 6 nitrogen and oxygen atoms in total. The van der Waals surface area contributed by atoms with E-state index in [1.807, 2.05) is 30.3 Å². The van der Waals surface area contributed by atoms with E-state index < -0.39 is 4.92 Å². The number of carbonyl (C=O) groups is 1. The molecule has 0 atom stereocenters. The van der Waals surface area contributed by atoms with Crippen molar-refractivity contribution in [3.05, 3.63) is 99.1 Å². The van der Waals surface area contributed by atoms with Crippen molar-refractivity contribution >= 4 is 45.8 Å². The molecule has 1 aliphatic heterocycles. The van der Waals surface area contributed by atoms with Crippen molar-refractivity contribution in [1.29, 1.82) is 0 Å². The van der Waals surface area contributed by atoms with E-state index >= 15 is 0 Å². The average molecular weight is 392 g/mol. The van der Waals surface area contributed by atoms with Gasteiger partial charge >= 0.3 is 0 Å². The van der Waals surface area contributed by atoms with Crippen LogP contribution >= 0.6 is 11.6 Å². The van der Waals surface area contributed by atoms with E-state index in [1.165, 1.54) is 12.1 Å². The van der Waals surface area contributed by atoms with Gasteiger partial charge in [0.1, 0.15) is 0 Å². The van der Waals surface area contributed by atoms with E-state index in [4.69, 9.17) is 11.6 Å². The van der Waals surface area contributed by atoms with Crippen LogP contribution in [0.15, 0.2) is 72.8 Å². The van der Waals surface area contributed by atoms with Crippen LogP contribution < -0.4 is 10.6 Å². The van der Waals surface area contributed by atoms with Crippen molar-refractivity contribution in [1.82, 2.24) is 0 Å². The summed E-state index contributed by atoms with van der Waals surface area (Å²) < 4.78 is 0. The summed E-state index contributed by atoms with van der Waals surface area (Å²) in [5.74, 6) is -0.245. The molecule has 2 N–H and O–H groups in total. The summed E-state index contributed by atoms with van der Waals surface area (Å²) in [6.07, 6.45) is 0. The normalized spacial score (nSPS) is 14.2. The Balaban J connectivity index is 1.85. The first-order valence-electron chi connectivity index (χ1n) is 8.45. The number of rotatable bonds is 4. The highest BCUT2D eigenvalue weighted by Crippen LogP contribution is 2.38. The lowest BCUT2D eigenvalue weighted by atomic mass is 10.00. The van der Waals surface area contributed by atoms with Crippen molar-refractivity contribution in [3.8, 4) is 0 Å². The molecule has 0 bridgehead atoms. The monoisotopic (exact) mass is 391 g/mol. The number of hydrogen-bond donors (Lipinski definition) is 2. The summed E-state index contributed by atoms with van der Waals surface area (Å²) in [6.45, 7) is 0. The van der Waals surface area contributed by atoms with Crippen molar-refractivity contribution < 1.29 is 9.72 Å². The Morgan fingerprint density at radius 2 is 1.71 bits per heavy atom. The largest absolute Gasteiger partial charge is 0.354 e. The second kappa shape index (κ2) is 7.17. The van der Waals surface area contributed by atoms with E-state index in [-0.39, 0.29) is 11.6 Å². The summed E-state index contributed by atoms with van der Waals surface area (Å²) >= 11 is 6.05. The van der Waals surface area contributed by atoms with Gasteiger partial charge in [-0.25, -0.2) is 0 Å². The summed E-state index contributed by atoms with van der Waals surface area (Å²) in [5, 5.41) is 17.5. The predicted molar refractivity (Wildman–Crippen MR) is 110 cm³/mol. The highest BCUT2D eigenvalue weighted by atomic mass is 35.5. The van der Waals surface area contributed by atoms with Crippen LogP contribution in [-0.2, 0) is 4.79 Å². The zero-order valence-electron chi connectivity index (χ0n) is 14.5. The molecule has 0 saturated carbocycles. The number of amides is 1. The van der Waals surface area contributed by atoms with Crippen LogP contribution in [0.4, 0.5) is 17.1 Å². The Hall–Kier alpha value is -3.64. The fraction of sp³-hybridized carbons (Fsp3) is 0. The van der Waals surface area contributed by atoms with Gasteiger partial charge in [0.2, 0.25) is 0 Å². The standard InChI is InChI=1S/C21H14ClN3O3/c22-14-6-11-17-18(12-14)24-21(26)19(17)20(13-4-2-1-3-5-13)23-15-7-9-16(10-8-15)25(27)28/h1-12,23H,(H,24,26)/b20-19-. The molecule has 4 rings (SSSR count). The predicted octanol–water partition coefficient (Wildman–Crippen LogP) is 5.18. The average Bonchev–Trinajstić information content (AvgIpc) is 3.01. The highest BCUT2D eigenvalue weighted by Gasteiger charge is 2.28. The second-order valence-corrected chi connectivity index (χ2v) is 6.63. The number of carbonyl (C=O) groups excluding carboxylic acids is 1. The van der Waals surface area contributed by atoms with Gasteiger partial charge in [0, 0.05) is 28.4 Å². The molecule has 3 aromatic rings. The zero-order valence-corrected chi connectivity index (χ0v) is 15.2.